The minimum Gasteiger partial charge on any atom is -0.455 e. The summed E-state index contributed by atoms with van der Waals surface area (Å²) >= 11 is 12.2. The van der Waals surface area contributed by atoms with E-state index in [1.165, 1.54) is 6.21 Å². The number of fused-ring (bicyclic) bond motifs is 1. The predicted octanol–water partition coefficient (Wildman–Crippen LogP) is 4.75. The maximum Gasteiger partial charge on any atom is 0.271 e. The maximum atomic E-state index is 12.2. The Hall–Kier alpha value is -2.96. The second kappa shape index (κ2) is 7.34. The fourth-order valence-corrected chi connectivity index (χ4v) is 2.89. The molecule has 0 aliphatic carbocycles. The fourth-order valence-electron chi connectivity index (χ4n) is 2.51. The number of hydrogen-bond acceptors (Lipinski definition) is 5. The normalized spacial score (nSPS) is 12.5. The largest absolute Gasteiger partial charge is 0.455 e. The van der Waals surface area contributed by atoms with Gasteiger partial charge in [-0.1, -0.05) is 23.2 Å². The van der Waals surface area contributed by atoms with Gasteiger partial charge in [-0.2, -0.15) is 5.10 Å². The van der Waals surface area contributed by atoms with Crippen molar-refractivity contribution in [3.05, 3.63) is 69.9 Å². The van der Waals surface area contributed by atoms with Crippen molar-refractivity contribution in [3.8, 4) is 22.8 Å². The molecule has 1 N–H and O–H groups in total. The summed E-state index contributed by atoms with van der Waals surface area (Å²) in [6.07, 6.45) is 1.40. The molecule has 0 saturated heterocycles. The van der Waals surface area contributed by atoms with Gasteiger partial charge in [0, 0.05) is 16.1 Å². The molecule has 27 heavy (non-hydrogen) atoms. The summed E-state index contributed by atoms with van der Waals surface area (Å²) in [6, 6.07) is 13.5. The third kappa shape index (κ3) is 3.77. The van der Waals surface area contributed by atoms with Gasteiger partial charge in [0.2, 0.25) is 6.79 Å². The Kier molecular flexibility index (Phi) is 4.75. The first-order valence-corrected chi connectivity index (χ1v) is 8.64. The molecule has 136 valence electrons. The van der Waals surface area contributed by atoms with E-state index in [9.17, 15) is 4.79 Å². The van der Waals surface area contributed by atoms with Gasteiger partial charge in [-0.25, -0.2) is 5.43 Å². The highest BCUT2D eigenvalue weighted by Crippen LogP contribution is 2.33. The number of furan rings is 1. The van der Waals surface area contributed by atoms with Crippen LogP contribution in [0.25, 0.3) is 11.3 Å². The van der Waals surface area contributed by atoms with Crippen molar-refractivity contribution in [1.29, 1.82) is 0 Å². The van der Waals surface area contributed by atoms with E-state index in [0.29, 0.717) is 44.2 Å². The minimum absolute atomic E-state index is 0.149. The lowest BCUT2D eigenvalue weighted by Gasteiger charge is -2.01. The molecule has 6 nitrogen and oxygen atoms in total. The number of carbonyl (C=O) groups excluding carboxylic acids is 1. The summed E-state index contributed by atoms with van der Waals surface area (Å²) in [5.74, 6) is 1.76. The van der Waals surface area contributed by atoms with Crippen molar-refractivity contribution in [1.82, 2.24) is 5.43 Å². The average Bonchev–Trinajstić information content (AvgIpc) is 3.32. The van der Waals surface area contributed by atoms with Gasteiger partial charge in [-0.3, -0.25) is 4.79 Å². The lowest BCUT2D eigenvalue weighted by atomic mass is 10.2. The Balaban J connectivity index is 1.44. The van der Waals surface area contributed by atoms with Gasteiger partial charge in [0.25, 0.3) is 5.91 Å². The Morgan fingerprint density at radius 3 is 2.78 bits per heavy atom. The van der Waals surface area contributed by atoms with Crippen molar-refractivity contribution in [2.45, 2.75) is 0 Å². The highest BCUT2D eigenvalue weighted by atomic mass is 35.5. The van der Waals surface area contributed by atoms with E-state index in [1.807, 2.05) is 0 Å². The first kappa shape index (κ1) is 17.5. The van der Waals surface area contributed by atoms with Crippen molar-refractivity contribution in [3.63, 3.8) is 0 Å². The second-order valence-corrected chi connectivity index (χ2v) is 6.44. The van der Waals surface area contributed by atoms with E-state index in [4.69, 9.17) is 37.1 Å². The molecule has 8 heteroatoms. The predicted molar refractivity (Wildman–Crippen MR) is 102 cm³/mol. The highest BCUT2D eigenvalue weighted by molar-refractivity contribution is 6.35. The molecule has 1 aromatic heterocycles. The Morgan fingerprint density at radius 1 is 1.04 bits per heavy atom. The summed E-state index contributed by atoms with van der Waals surface area (Å²) in [4.78, 5) is 12.2. The number of ether oxygens (including phenoxy) is 2. The number of nitrogens with one attached hydrogen (secondary N) is 1. The van der Waals surface area contributed by atoms with Gasteiger partial charge in [0.05, 0.1) is 11.2 Å². The van der Waals surface area contributed by atoms with Crippen molar-refractivity contribution >= 4 is 35.3 Å². The summed E-state index contributed by atoms with van der Waals surface area (Å²) in [5, 5.41) is 4.98. The maximum absolute atomic E-state index is 12.2. The van der Waals surface area contributed by atoms with Crippen LogP contribution >= 0.6 is 23.2 Å². The van der Waals surface area contributed by atoms with Crippen LogP contribution in [0, 0.1) is 0 Å². The zero-order chi connectivity index (χ0) is 18.8. The molecule has 1 aliphatic rings. The van der Waals surface area contributed by atoms with Crippen LogP contribution in [0.5, 0.6) is 11.5 Å². The van der Waals surface area contributed by atoms with Crippen LogP contribution in [0.1, 0.15) is 16.1 Å². The van der Waals surface area contributed by atoms with Crippen molar-refractivity contribution in [2.24, 2.45) is 5.10 Å². The molecular weight excluding hydrogens is 391 g/mol. The van der Waals surface area contributed by atoms with E-state index in [2.05, 4.69) is 10.5 Å². The summed E-state index contributed by atoms with van der Waals surface area (Å²) in [7, 11) is 0. The number of benzene rings is 2. The molecule has 0 unspecified atom stereocenters. The van der Waals surface area contributed by atoms with Gasteiger partial charge < -0.3 is 13.9 Å². The van der Waals surface area contributed by atoms with E-state index in [0.717, 1.165) is 0 Å². The molecule has 2 heterocycles. The van der Waals surface area contributed by atoms with Gasteiger partial charge in [-0.15, -0.1) is 0 Å². The van der Waals surface area contributed by atoms with Crippen molar-refractivity contribution < 1.29 is 18.7 Å². The highest BCUT2D eigenvalue weighted by Gasteiger charge is 2.16. The smallest absolute Gasteiger partial charge is 0.271 e. The minimum atomic E-state index is -0.380. The van der Waals surface area contributed by atoms with Crippen LogP contribution in [0.15, 0.2) is 58.0 Å². The summed E-state index contributed by atoms with van der Waals surface area (Å²) < 4.78 is 16.1. The average molecular weight is 403 g/mol. The molecular formula is C19H12Cl2N2O4. The van der Waals surface area contributed by atoms with Crippen LogP contribution in [0.3, 0.4) is 0 Å². The third-order valence-corrected chi connectivity index (χ3v) is 4.38. The third-order valence-electron chi connectivity index (χ3n) is 3.81. The van der Waals surface area contributed by atoms with Crippen LogP contribution in [-0.4, -0.2) is 18.9 Å². The first-order chi connectivity index (χ1) is 13.1. The molecule has 0 bridgehead atoms. The topological polar surface area (TPSA) is 73.1 Å². The number of nitrogens with zero attached hydrogens (tertiary/aromatic N) is 1. The Labute approximate surface area is 164 Å². The molecule has 4 rings (SSSR count). The molecule has 0 radical (unpaired) electrons. The van der Waals surface area contributed by atoms with E-state index in [-0.39, 0.29) is 12.7 Å². The molecule has 0 fully saturated rings. The van der Waals surface area contributed by atoms with E-state index < -0.39 is 0 Å². The number of hydrazone groups is 1. The summed E-state index contributed by atoms with van der Waals surface area (Å²) in [6.45, 7) is 0.149. The monoisotopic (exact) mass is 402 g/mol. The number of halogens is 2. The number of hydrogen-bond donors (Lipinski definition) is 1. The van der Waals surface area contributed by atoms with Gasteiger partial charge in [-0.05, 0) is 48.5 Å². The van der Waals surface area contributed by atoms with Crippen LogP contribution in [0.2, 0.25) is 10.0 Å². The second-order valence-electron chi connectivity index (χ2n) is 5.59. The van der Waals surface area contributed by atoms with Gasteiger partial charge in [0.1, 0.15) is 11.5 Å². The molecule has 0 atom stereocenters. The molecule has 0 saturated carbocycles. The molecule has 1 aliphatic heterocycles. The van der Waals surface area contributed by atoms with Gasteiger partial charge >= 0.3 is 0 Å². The quantitative estimate of drug-likeness (QED) is 0.504. The zero-order valence-corrected chi connectivity index (χ0v) is 15.3. The fraction of sp³-hybridized carbons (Fsp3) is 0.0526. The van der Waals surface area contributed by atoms with Gasteiger partial charge in [0.15, 0.2) is 11.5 Å². The van der Waals surface area contributed by atoms with Crippen LogP contribution in [0.4, 0.5) is 0 Å². The standard InChI is InChI=1S/C19H12Cl2N2O4/c20-12-2-4-15(21)14(8-12)16-6-3-13(27-16)9-22-23-19(24)11-1-5-17-18(7-11)26-10-25-17/h1-9H,10H2,(H,23,24)/b22-9+. The van der Waals surface area contributed by atoms with Crippen molar-refractivity contribution in [2.75, 3.05) is 6.79 Å². The molecule has 0 spiro atoms. The van der Waals surface area contributed by atoms with Crippen LogP contribution in [-0.2, 0) is 0 Å². The van der Waals surface area contributed by atoms with Crippen LogP contribution < -0.4 is 14.9 Å². The lowest BCUT2D eigenvalue weighted by Crippen LogP contribution is -2.17. The first-order valence-electron chi connectivity index (χ1n) is 7.88. The molecule has 2 aromatic carbocycles. The van der Waals surface area contributed by atoms with E-state index >= 15 is 0 Å². The number of rotatable bonds is 4. The Morgan fingerprint density at radius 2 is 1.89 bits per heavy atom. The number of carbonyl (C=O) groups is 1. The lowest BCUT2D eigenvalue weighted by molar-refractivity contribution is 0.0954. The molecule has 1 amide bonds. The molecule has 3 aromatic rings. The zero-order valence-electron chi connectivity index (χ0n) is 13.7. The number of amides is 1. The summed E-state index contributed by atoms with van der Waals surface area (Å²) in [5.41, 5.74) is 3.51. The SMILES string of the molecule is O=C(N/N=C/c1ccc(-c2cc(Cl)ccc2Cl)o1)c1ccc2c(c1)OCO2. The Bertz CT molecular complexity index is 1050. The van der Waals surface area contributed by atoms with E-state index in [1.54, 1.807) is 48.5 Å².